The van der Waals surface area contributed by atoms with E-state index in [0.717, 1.165) is 6.54 Å². The van der Waals surface area contributed by atoms with Crippen LogP contribution in [-0.4, -0.2) is 13.6 Å². The van der Waals surface area contributed by atoms with Crippen molar-refractivity contribution in [3.05, 3.63) is 21.9 Å². The molecule has 16 heavy (non-hydrogen) atoms. The van der Waals surface area contributed by atoms with Gasteiger partial charge in [0.1, 0.15) is 0 Å². The zero-order chi connectivity index (χ0) is 12.0. The van der Waals surface area contributed by atoms with Gasteiger partial charge in [-0.25, -0.2) is 0 Å². The molecule has 0 spiro atoms. The van der Waals surface area contributed by atoms with Crippen molar-refractivity contribution in [2.24, 2.45) is 5.41 Å². The summed E-state index contributed by atoms with van der Waals surface area (Å²) in [5.41, 5.74) is 0.416. The van der Waals surface area contributed by atoms with E-state index in [1.807, 2.05) is 11.3 Å². The molecule has 0 saturated heterocycles. The molecule has 0 aliphatic carbocycles. The summed E-state index contributed by atoms with van der Waals surface area (Å²) in [6, 6.07) is 4.60. The summed E-state index contributed by atoms with van der Waals surface area (Å²) in [6.45, 7) is 8.02. The molecular weight excluding hydrogens is 214 g/mol. The van der Waals surface area contributed by atoms with Gasteiger partial charge in [0.05, 0.1) is 0 Å². The van der Waals surface area contributed by atoms with Crippen LogP contribution in [-0.2, 0) is 12.8 Å². The average Bonchev–Trinajstić information content (AvgIpc) is 2.65. The van der Waals surface area contributed by atoms with Gasteiger partial charge < -0.3 is 5.32 Å². The van der Waals surface area contributed by atoms with Crippen LogP contribution < -0.4 is 5.32 Å². The van der Waals surface area contributed by atoms with Crippen molar-refractivity contribution in [3.8, 4) is 0 Å². The monoisotopic (exact) mass is 239 g/mol. The molecule has 2 heteroatoms. The molecule has 1 rings (SSSR count). The minimum Gasteiger partial charge on any atom is -0.319 e. The smallest absolute Gasteiger partial charge is 0.00540 e. The van der Waals surface area contributed by atoms with Crippen molar-refractivity contribution in [3.63, 3.8) is 0 Å². The summed E-state index contributed by atoms with van der Waals surface area (Å²) in [4.78, 5) is 3.06. The number of aryl methyl sites for hydroxylation is 1. The van der Waals surface area contributed by atoms with Gasteiger partial charge in [0.15, 0.2) is 0 Å². The maximum Gasteiger partial charge on any atom is 0.00540 e. The van der Waals surface area contributed by atoms with Gasteiger partial charge in [0.25, 0.3) is 0 Å². The number of thiophene rings is 1. The normalized spacial score (nSPS) is 15.0. The van der Waals surface area contributed by atoms with Crippen LogP contribution in [0.2, 0.25) is 0 Å². The second-order valence-corrected chi connectivity index (χ2v) is 6.24. The van der Waals surface area contributed by atoms with E-state index in [-0.39, 0.29) is 0 Å². The predicted molar refractivity (Wildman–Crippen MR) is 74.3 cm³/mol. The zero-order valence-electron chi connectivity index (χ0n) is 11.1. The molecule has 1 aromatic rings. The number of rotatable bonds is 7. The van der Waals surface area contributed by atoms with Crippen molar-refractivity contribution >= 4 is 11.3 Å². The lowest BCUT2D eigenvalue weighted by atomic mass is 9.81. The largest absolute Gasteiger partial charge is 0.319 e. The van der Waals surface area contributed by atoms with E-state index in [1.165, 1.54) is 30.6 Å². The minimum absolute atomic E-state index is 0.416. The van der Waals surface area contributed by atoms with Gasteiger partial charge in [-0.3, -0.25) is 0 Å². The van der Waals surface area contributed by atoms with E-state index in [1.54, 1.807) is 4.88 Å². The molecule has 1 aromatic heterocycles. The Kier molecular flexibility index (Phi) is 5.50. The highest BCUT2D eigenvalue weighted by Crippen LogP contribution is 2.30. The van der Waals surface area contributed by atoms with Gasteiger partial charge in [-0.1, -0.05) is 27.2 Å². The van der Waals surface area contributed by atoms with Crippen molar-refractivity contribution in [1.29, 1.82) is 0 Å². The van der Waals surface area contributed by atoms with Crippen molar-refractivity contribution in [2.45, 2.75) is 46.5 Å². The Hall–Kier alpha value is -0.340. The molecule has 0 amide bonds. The first kappa shape index (κ1) is 13.7. The molecule has 1 heterocycles. The first-order chi connectivity index (χ1) is 7.63. The summed E-state index contributed by atoms with van der Waals surface area (Å²) >= 11 is 1.98. The SMILES string of the molecule is CCCC(C)(CNC)Cc1ccc(CC)s1. The van der Waals surface area contributed by atoms with Crippen LogP contribution in [0.3, 0.4) is 0 Å². The van der Waals surface area contributed by atoms with Crippen LogP contribution in [0.4, 0.5) is 0 Å². The Morgan fingerprint density at radius 2 is 1.94 bits per heavy atom. The fourth-order valence-corrected chi connectivity index (χ4v) is 3.57. The van der Waals surface area contributed by atoms with Gasteiger partial charge in [0, 0.05) is 16.3 Å². The summed E-state index contributed by atoms with van der Waals surface area (Å²) in [5, 5.41) is 3.34. The van der Waals surface area contributed by atoms with E-state index in [4.69, 9.17) is 0 Å². The summed E-state index contributed by atoms with van der Waals surface area (Å²) < 4.78 is 0. The molecule has 0 saturated carbocycles. The molecule has 1 unspecified atom stereocenters. The lowest BCUT2D eigenvalue weighted by Crippen LogP contribution is -2.31. The zero-order valence-corrected chi connectivity index (χ0v) is 11.9. The molecule has 0 bridgehead atoms. The third kappa shape index (κ3) is 3.91. The second-order valence-electron chi connectivity index (χ2n) is 4.99. The van der Waals surface area contributed by atoms with E-state index in [0.29, 0.717) is 5.41 Å². The van der Waals surface area contributed by atoms with E-state index < -0.39 is 0 Å². The highest BCUT2D eigenvalue weighted by Gasteiger charge is 2.23. The van der Waals surface area contributed by atoms with E-state index in [2.05, 4.69) is 45.3 Å². The highest BCUT2D eigenvalue weighted by atomic mass is 32.1. The number of hydrogen-bond donors (Lipinski definition) is 1. The second kappa shape index (κ2) is 6.41. The highest BCUT2D eigenvalue weighted by molar-refractivity contribution is 7.11. The fraction of sp³-hybridized carbons (Fsp3) is 0.714. The van der Waals surface area contributed by atoms with Gasteiger partial charge in [-0.05, 0) is 43.9 Å². The molecule has 1 atom stereocenters. The number of hydrogen-bond acceptors (Lipinski definition) is 2. The van der Waals surface area contributed by atoms with Gasteiger partial charge in [-0.2, -0.15) is 0 Å². The van der Waals surface area contributed by atoms with Gasteiger partial charge in [-0.15, -0.1) is 11.3 Å². The fourth-order valence-electron chi connectivity index (χ4n) is 2.40. The number of nitrogens with one attached hydrogen (secondary N) is 1. The molecule has 1 N–H and O–H groups in total. The van der Waals surface area contributed by atoms with Crippen LogP contribution >= 0.6 is 11.3 Å². The molecular formula is C14H25NS. The average molecular weight is 239 g/mol. The Morgan fingerprint density at radius 1 is 1.25 bits per heavy atom. The topological polar surface area (TPSA) is 12.0 Å². The van der Waals surface area contributed by atoms with E-state index in [9.17, 15) is 0 Å². The van der Waals surface area contributed by atoms with Crippen LogP contribution in [0, 0.1) is 5.41 Å². The van der Waals surface area contributed by atoms with E-state index >= 15 is 0 Å². The third-order valence-corrected chi connectivity index (χ3v) is 4.35. The predicted octanol–water partition coefficient (Wildman–Crippen LogP) is 3.88. The molecule has 0 aromatic carbocycles. The maximum atomic E-state index is 3.34. The molecule has 0 aliphatic rings. The Balaban J connectivity index is 2.66. The molecule has 92 valence electrons. The van der Waals surface area contributed by atoms with Gasteiger partial charge in [0.2, 0.25) is 0 Å². The molecule has 0 aliphatic heterocycles. The first-order valence-corrected chi connectivity index (χ1v) is 7.17. The summed E-state index contributed by atoms with van der Waals surface area (Å²) in [6.07, 6.45) is 4.95. The van der Waals surface area contributed by atoms with Crippen molar-refractivity contribution < 1.29 is 0 Å². The van der Waals surface area contributed by atoms with Crippen LogP contribution in [0.15, 0.2) is 12.1 Å². The third-order valence-electron chi connectivity index (χ3n) is 3.12. The molecule has 1 nitrogen and oxygen atoms in total. The van der Waals surface area contributed by atoms with Crippen molar-refractivity contribution in [2.75, 3.05) is 13.6 Å². The maximum absolute atomic E-state index is 3.34. The summed E-state index contributed by atoms with van der Waals surface area (Å²) in [7, 11) is 2.06. The minimum atomic E-state index is 0.416. The first-order valence-electron chi connectivity index (χ1n) is 6.35. The van der Waals surface area contributed by atoms with Gasteiger partial charge >= 0.3 is 0 Å². The Bertz CT molecular complexity index is 297. The van der Waals surface area contributed by atoms with Crippen LogP contribution in [0.1, 0.15) is 43.4 Å². The Morgan fingerprint density at radius 3 is 2.44 bits per heavy atom. The molecule has 0 fully saturated rings. The lowest BCUT2D eigenvalue weighted by molar-refractivity contribution is 0.285. The van der Waals surface area contributed by atoms with Crippen molar-refractivity contribution in [1.82, 2.24) is 5.32 Å². The Labute approximate surface area is 104 Å². The molecule has 0 radical (unpaired) electrons. The quantitative estimate of drug-likeness (QED) is 0.761. The summed E-state index contributed by atoms with van der Waals surface area (Å²) in [5.74, 6) is 0. The lowest BCUT2D eigenvalue weighted by Gasteiger charge is -2.28. The van der Waals surface area contributed by atoms with Crippen LogP contribution in [0.25, 0.3) is 0 Å². The van der Waals surface area contributed by atoms with Crippen LogP contribution in [0.5, 0.6) is 0 Å². The standard InChI is InChI=1S/C14H25NS/c1-5-9-14(3,11-15-4)10-13-8-7-12(6-2)16-13/h7-8,15H,5-6,9-11H2,1-4H3.